The van der Waals surface area contributed by atoms with Gasteiger partial charge in [0.2, 0.25) is 5.78 Å². The van der Waals surface area contributed by atoms with E-state index in [0.29, 0.717) is 36.0 Å². The Kier molecular flexibility index (Phi) is 12.6. The van der Waals surface area contributed by atoms with Gasteiger partial charge in [-0.25, -0.2) is 0 Å². The van der Waals surface area contributed by atoms with Crippen LogP contribution in [0.2, 0.25) is 0 Å². The van der Waals surface area contributed by atoms with Gasteiger partial charge < -0.3 is 41.3 Å². The summed E-state index contributed by atoms with van der Waals surface area (Å²) in [5.74, 6) is -10.1. The highest BCUT2D eigenvalue weighted by atomic mass is 32.2. The molecule has 16 heteroatoms. The number of unbranched alkanes of at least 4 members (excludes halogenated alkanes) is 1. The van der Waals surface area contributed by atoms with Gasteiger partial charge in [-0.2, -0.15) is 11.8 Å². The highest BCUT2D eigenvalue weighted by molar-refractivity contribution is 7.99. The Hall–Kier alpha value is -3.96. The second-order valence-corrected chi connectivity index (χ2v) is 15.8. The van der Waals surface area contributed by atoms with Crippen molar-refractivity contribution in [3.63, 3.8) is 0 Å². The van der Waals surface area contributed by atoms with Gasteiger partial charge in [-0.3, -0.25) is 34.2 Å². The number of amides is 1. The SMILES string of the molecule is CCC(=O)O[C@H]1[C@H]2C(=C(O)c3c(O)cccc3[C@@H]2CSC2CCCC2)C(=O)[C@]2(O)C(O)=C(C(=O)NCNCCCCC(N)C(=O)O)C(=O)[C@H](N(C)C)[C@H]12. The Bertz CT molecular complexity index is 1690. The fourth-order valence-electron chi connectivity index (χ4n) is 8.28. The smallest absolute Gasteiger partial charge is 0.320 e. The van der Waals surface area contributed by atoms with E-state index in [2.05, 4.69) is 10.6 Å². The molecule has 0 heterocycles. The number of nitrogens with one attached hydrogen (secondary N) is 2. The van der Waals surface area contributed by atoms with Crippen molar-refractivity contribution < 1.29 is 54.2 Å². The minimum Gasteiger partial charge on any atom is -0.508 e. The molecule has 290 valence electrons. The Morgan fingerprint density at radius 1 is 1.11 bits per heavy atom. The molecule has 7 atom stereocenters. The van der Waals surface area contributed by atoms with Crippen LogP contribution in [0.15, 0.2) is 35.1 Å². The van der Waals surface area contributed by atoms with Crippen LogP contribution in [0.25, 0.3) is 5.76 Å². The standard InChI is InChI=1S/C37H50N4O11S/c1-4-23(43)52-32-25-20(16-53-18-10-5-6-11-18)19-12-9-14-22(42)24(19)30(44)26(25)33(46)37(51)28(32)29(41(2)3)31(45)27(34(37)47)35(48)40-17-39-15-8-7-13-21(38)36(49)50/h9,12,14,18,20-21,25,28-29,32,39,42,44,47,51H,4-8,10-11,13,15-17,38H2,1-3H3,(H,40,48)(H,49,50)/t20-,21?,25+,28+,29+,32-,37-/m0/s1. The number of hydrogen-bond acceptors (Lipinski definition) is 14. The van der Waals surface area contributed by atoms with E-state index in [-0.39, 0.29) is 36.4 Å². The van der Waals surface area contributed by atoms with Crippen molar-refractivity contribution in [1.82, 2.24) is 15.5 Å². The molecular formula is C37H50N4O11S. The molecule has 4 aliphatic carbocycles. The molecule has 0 saturated heterocycles. The van der Waals surface area contributed by atoms with Crippen molar-refractivity contribution in [2.24, 2.45) is 17.6 Å². The molecule has 9 N–H and O–H groups in total. The minimum absolute atomic E-state index is 0.0137. The average Bonchev–Trinajstić information content (AvgIpc) is 3.64. The van der Waals surface area contributed by atoms with Gasteiger partial charge >= 0.3 is 11.9 Å². The maximum Gasteiger partial charge on any atom is 0.320 e. The van der Waals surface area contributed by atoms with Gasteiger partial charge in [0.25, 0.3) is 5.91 Å². The third-order valence-electron chi connectivity index (χ3n) is 10.9. The number of ketones is 2. The first-order valence-corrected chi connectivity index (χ1v) is 19.2. The van der Waals surface area contributed by atoms with Crippen LogP contribution in [-0.2, 0) is 28.7 Å². The number of nitrogens with zero attached hydrogens (tertiary/aromatic N) is 1. The molecule has 0 bridgehead atoms. The van der Waals surface area contributed by atoms with Crippen LogP contribution < -0.4 is 16.4 Å². The van der Waals surface area contributed by atoms with Gasteiger partial charge in [0.05, 0.1) is 24.2 Å². The lowest BCUT2D eigenvalue weighted by Crippen LogP contribution is -2.71. The summed E-state index contributed by atoms with van der Waals surface area (Å²) in [5.41, 5.74) is 1.78. The average molecular weight is 759 g/mol. The summed E-state index contributed by atoms with van der Waals surface area (Å²) in [6, 6.07) is 2.26. The lowest BCUT2D eigenvalue weighted by atomic mass is 9.54. The predicted octanol–water partition coefficient (Wildman–Crippen LogP) is 1.87. The minimum atomic E-state index is -3.00. The third-order valence-corrected chi connectivity index (χ3v) is 12.4. The summed E-state index contributed by atoms with van der Waals surface area (Å²) in [4.78, 5) is 68.2. The number of phenols is 1. The number of phenolic OH excluding ortho intramolecular Hbond substituents is 1. The normalized spacial score (nSPS) is 27.7. The Labute approximate surface area is 312 Å². The number of thioether (sulfide) groups is 1. The van der Waals surface area contributed by atoms with Crippen molar-refractivity contribution in [3.05, 3.63) is 46.2 Å². The molecular weight excluding hydrogens is 708 g/mol. The topological polar surface area (TPSA) is 249 Å². The fourth-order valence-corrected chi connectivity index (χ4v) is 9.81. The lowest BCUT2D eigenvalue weighted by Gasteiger charge is -2.55. The molecule has 0 aliphatic heterocycles. The zero-order valence-corrected chi connectivity index (χ0v) is 31.0. The molecule has 15 nitrogen and oxygen atoms in total. The number of aliphatic hydroxyl groups is 3. The number of aliphatic carboxylic acids is 1. The van der Waals surface area contributed by atoms with Crippen molar-refractivity contribution in [2.75, 3.05) is 33.1 Å². The third kappa shape index (κ3) is 7.56. The molecule has 1 unspecified atom stereocenters. The molecule has 5 rings (SSSR count). The number of carbonyl (C=O) groups is 5. The summed E-state index contributed by atoms with van der Waals surface area (Å²) in [7, 11) is 3.01. The van der Waals surface area contributed by atoms with Crippen LogP contribution in [0.4, 0.5) is 0 Å². The summed E-state index contributed by atoms with van der Waals surface area (Å²) in [6.45, 7) is 1.73. The molecule has 4 aliphatic rings. The number of carbonyl (C=O) groups excluding carboxylic acids is 4. The molecule has 2 saturated carbocycles. The molecule has 0 aromatic heterocycles. The maximum atomic E-state index is 14.8. The number of benzene rings is 1. The van der Waals surface area contributed by atoms with E-state index >= 15 is 0 Å². The number of nitrogens with two attached hydrogens (primary N) is 1. The van der Waals surface area contributed by atoms with E-state index in [1.807, 2.05) is 0 Å². The van der Waals surface area contributed by atoms with Crippen LogP contribution in [0, 0.1) is 11.8 Å². The number of Topliss-reactive ketones (excluding diaryl/α,β-unsaturated/α-hetero) is 2. The van der Waals surface area contributed by atoms with Gasteiger partial charge in [-0.1, -0.05) is 38.3 Å². The number of ether oxygens (including phenoxy) is 1. The van der Waals surface area contributed by atoms with Crippen LogP contribution in [0.1, 0.15) is 75.3 Å². The molecule has 1 amide bonds. The number of hydrogen-bond donors (Lipinski definition) is 8. The Morgan fingerprint density at radius 3 is 2.45 bits per heavy atom. The van der Waals surface area contributed by atoms with E-state index in [1.165, 1.54) is 25.1 Å². The van der Waals surface area contributed by atoms with Crippen LogP contribution in [0.5, 0.6) is 5.75 Å². The Balaban J connectivity index is 1.56. The van der Waals surface area contributed by atoms with Crippen molar-refractivity contribution in [1.29, 1.82) is 0 Å². The number of esters is 1. The number of fused-ring (bicyclic) bond motifs is 3. The van der Waals surface area contributed by atoms with Gasteiger partial charge in [-0.05, 0) is 58.0 Å². The van der Waals surface area contributed by atoms with E-state index in [1.54, 1.807) is 30.8 Å². The van der Waals surface area contributed by atoms with Gasteiger partial charge in [0.15, 0.2) is 11.4 Å². The lowest BCUT2D eigenvalue weighted by molar-refractivity contribution is -0.185. The summed E-state index contributed by atoms with van der Waals surface area (Å²) in [5, 5.41) is 61.8. The second-order valence-electron chi connectivity index (χ2n) is 14.4. The molecule has 0 radical (unpaired) electrons. The number of aromatic hydroxyl groups is 1. The number of carboxylic acid groups (broad SMARTS) is 1. The summed E-state index contributed by atoms with van der Waals surface area (Å²) < 4.78 is 6.07. The number of rotatable bonds is 15. The first kappa shape index (κ1) is 40.2. The number of aliphatic hydroxyl groups excluding tert-OH is 2. The molecule has 1 aromatic carbocycles. The van der Waals surface area contributed by atoms with Gasteiger partial charge in [0, 0.05) is 34.8 Å². The fraction of sp³-hybridized carbons (Fsp3) is 0.595. The highest BCUT2D eigenvalue weighted by Crippen LogP contribution is 2.58. The van der Waals surface area contributed by atoms with E-state index < -0.39 is 88.0 Å². The van der Waals surface area contributed by atoms with Crippen molar-refractivity contribution in [3.8, 4) is 5.75 Å². The monoisotopic (exact) mass is 758 g/mol. The molecule has 0 spiro atoms. The van der Waals surface area contributed by atoms with Crippen LogP contribution >= 0.6 is 11.8 Å². The second kappa shape index (κ2) is 16.6. The first-order valence-electron chi connectivity index (χ1n) is 18.1. The van der Waals surface area contributed by atoms with E-state index in [9.17, 15) is 44.4 Å². The maximum absolute atomic E-state index is 14.8. The van der Waals surface area contributed by atoms with Crippen LogP contribution in [0.3, 0.4) is 0 Å². The first-order chi connectivity index (χ1) is 25.2. The summed E-state index contributed by atoms with van der Waals surface area (Å²) in [6.07, 6.45) is 3.89. The number of likely N-dealkylation sites (N-methyl/N-ethyl adjacent to an activating group) is 1. The zero-order chi connectivity index (χ0) is 38.8. The van der Waals surface area contributed by atoms with Crippen molar-refractivity contribution >= 4 is 46.9 Å². The highest BCUT2D eigenvalue weighted by Gasteiger charge is 2.70. The largest absolute Gasteiger partial charge is 0.508 e. The molecule has 53 heavy (non-hydrogen) atoms. The molecule has 2 fully saturated rings. The van der Waals surface area contributed by atoms with E-state index in [4.69, 9.17) is 15.6 Å². The zero-order valence-electron chi connectivity index (χ0n) is 30.2. The van der Waals surface area contributed by atoms with Crippen LogP contribution in [-0.4, -0.2) is 122 Å². The molecule has 1 aromatic rings. The summed E-state index contributed by atoms with van der Waals surface area (Å²) >= 11 is 1.68. The Morgan fingerprint density at radius 2 is 1.81 bits per heavy atom. The van der Waals surface area contributed by atoms with Crippen molar-refractivity contribution in [2.45, 2.75) is 93.2 Å². The van der Waals surface area contributed by atoms with Gasteiger partial charge in [0.1, 0.15) is 35.0 Å². The number of carboxylic acids is 1. The quantitative estimate of drug-likeness (QED) is 0.0551. The van der Waals surface area contributed by atoms with E-state index in [0.717, 1.165) is 25.7 Å². The predicted molar refractivity (Wildman–Crippen MR) is 195 cm³/mol. The van der Waals surface area contributed by atoms with Gasteiger partial charge in [-0.15, -0.1) is 0 Å².